The standard InChI is InChI=1S/C18H15F3N4O/c1-11(13-5-2-6-14(15(13)19)16(20)21)25-17-18(24-9-8-23-17)26-12-4-3-7-22-10-12/h2-11,16H,1H3,(H,23,25)/t11-/m1/s1. The lowest BCUT2D eigenvalue weighted by molar-refractivity contribution is 0.146. The van der Waals surface area contributed by atoms with Crippen molar-refractivity contribution < 1.29 is 17.9 Å². The molecule has 0 saturated heterocycles. The van der Waals surface area contributed by atoms with Crippen LogP contribution in [0.5, 0.6) is 11.6 Å². The molecule has 0 amide bonds. The molecule has 26 heavy (non-hydrogen) atoms. The Morgan fingerprint density at radius 2 is 1.77 bits per heavy atom. The van der Waals surface area contributed by atoms with Gasteiger partial charge >= 0.3 is 0 Å². The van der Waals surface area contributed by atoms with Gasteiger partial charge in [0, 0.05) is 24.2 Å². The molecule has 0 fully saturated rings. The van der Waals surface area contributed by atoms with E-state index in [-0.39, 0.29) is 17.3 Å². The zero-order valence-electron chi connectivity index (χ0n) is 13.7. The number of nitrogens with one attached hydrogen (secondary N) is 1. The lowest BCUT2D eigenvalue weighted by atomic mass is 10.0. The Morgan fingerprint density at radius 1 is 1.00 bits per heavy atom. The number of halogens is 3. The summed E-state index contributed by atoms with van der Waals surface area (Å²) in [6.07, 6.45) is 3.11. The molecule has 3 rings (SSSR count). The smallest absolute Gasteiger partial charge is 0.266 e. The normalized spacial score (nSPS) is 12.0. The molecule has 0 aliphatic rings. The first-order valence-electron chi connectivity index (χ1n) is 7.78. The fourth-order valence-electron chi connectivity index (χ4n) is 2.37. The van der Waals surface area contributed by atoms with Crippen LogP contribution in [-0.2, 0) is 0 Å². The van der Waals surface area contributed by atoms with E-state index in [1.54, 1.807) is 25.3 Å². The van der Waals surface area contributed by atoms with E-state index < -0.39 is 23.8 Å². The Hall–Kier alpha value is -3.16. The summed E-state index contributed by atoms with van der Waals surface area (Å²) < 4.78 is 45.7. The molecule has 1 N–H and O–H groups in total. The van der Waals surface area contributed by atoms with Crippen LogP contribution in [0.15, 0.2) is 55.1 Å². The van der Waals surface area contributed by atoms with Gasteiger partial charge in [0.25, 0.3) is 12.3 Å². The molecule has 0 spiro atoms. The van der Waals surface area contributed by atoms with Crippen molar-refractivity contribution >= 4 is 5.82 Å². The maximum atomic E-state index is 14.3. The van der Waals surface area contributed by atoms with Crippen LogP contribution < -0.4 is 10.1 Å². The quantitative estimate of drug-likeness (QED) is 0.676. The van der Waals surface area contributed by atoms with Crippen LogP contribution in [0, 0.1) is 5.82 Å². The topological polar surface area (TPSA) is 59.9 Å². The number of anilines is 1. The third kappa shape index (κ3) is 3.90. The number of aromatic nitrogens is 3. The van der Waals surface area contributed by atoms with Crippen LogP contribution in [0.1, 0.15) is 30.5 Å². The van der Waals surface area contributed by atoms with Crippen LogP contribution in [0.4, 0.5) is 19.0 Å². The average molecular weight is 360 g/mol. The van der Waals surface area contributed by atoms with Gasteiger partial charge in [-0.1, -0.05) is 18.2 Å². The number of nitrogens with zero attached hydrogens (tertiary/aromatic N) is 3. The summed E-state index contributed by atoms with van der Waals surface area (Å²) in [6, 6.07) is 6.66. The second-order valence-electron chi connectivity index (χ2n) is 5.42. The van der Waals surface area contributed by atoms with Crippen LogP contribution in [0.25, 0.3) is 0 Å². The molecule has 2 heterocycles. The highest BCUT2D eigenvalue weighted by atomic mass is 19.3. The fraction of sp³-hybridized carbons (Fsp3) is 0.167. The monoisotopic (exact) mass is 360 g/mol. The van der Waals surface area contributed by atoms with Gasteiger partial charge in [-0.15, -0.1) is 0 Å². The summed E-state index contributed by atoms with van der Waals surface area (Å²) in [5.41, 5.74) is -0.539. The SMILES string of the molecule is C[C@@H](Nc1nccnc1Oc1cccnc1)c1cccc(C(F)F)c1F. The van der Waals surface area contributed by atoms with Gasteiger partial charge in [-0.2, -0.15) is 0 Å². The van der Waals surface area contributed by atoms with Gasteiger partial charge in [-0.3, -0.25) is 4.98 Å². The van der Waals surface area contributed by atoms with Crippen molar-refractivity contribution in [2.45, 2.75) is 19.4 Å². The van der Waals surface area contributed by atoms with Gasteiger partial charge < -0.3 is 10.1 Å². The van der Waals surface area contributed by atoms with E-state index in [1.807, 2.05) is 0 Å². The minimum absolute atomic E-state index is 0.0979. The fourth-order valence-corrected chi connectivity index (χ4v) is 2.37. The number of ether oxygens (including phenoxy) is 1. The maximum Gasteiger partial charge on any atom is 0.266 e. The largest absolute Gasteiger partial charge is 0.434 e. The Bertz CT molecular complexity index is 877. The first-order chi connectivity index (χ1) is 12.6. The van der Waals surface area contributed by atoms with E-state index in [2.05, 4.69) is 20.3 Å². The van der Waals surface area contributed by atoms with Gasteiger partial charge in [0.2, 0.25) is 0 Å². The zero-order chi connectivity index (χ0) is 18.5. The molecule has 0 bridgehead atoms. The first-order valence-corrected chi connectivity index (χ1v) is 7.78. The summed E-state index contributed by atoms with van der Waals surface area (Å²) in [6.45, 7) is 1.64. The van der Waals surface area contributed by atoms with Crippen molar-refractivity contribution in [3.63, 3.8) is 0 Å². The minimum atomic E-state index is -2.89. The van der Waals surface area contributed by atoms with Gasteiger partial charge in [0.15, 0.2) is 5.82 Å². The summed E-state index contributed by atoms with van der Waals surface area (Å²) in [5, 5.41) is 2.95. The average Bonchev–Trinajstić information content (AvgIpc) is 2.64. The predicted octanol–water partition coefficient (Wildman–Crippen LogP) is 4.91. The third-order valence-electron chi connectivity index (χ3n) is 3.63. The Labute approximate surface area is 147 Å². The summed E-state index contributed by atoms with van der Waals surface area (Å²) in [5.74, 6) is -0.0702. The van der Waals surface area contributed by atoms with Crippen LogP contribution in [0.2, 0.25) is 0 Å². The molecular formula is C18H15F3N4O. The summed E-state index contributed by atoms with van der Waals surface area (Å²) in [4.78, 5) is 12.2. The number of rotatable bonds is 6. The van der Waals surface area contributed by atoms with Gasteiger partial charge in [-0.25, -0.2) is 23.1 Å². The van der Waals surface area contributed by atoms with Crippen molar-refractivity contribution in [2.75, 3.05) is 5.32 Å². The van der Waals surface area contributed by atoms with Gasteiger partial charge in [-0.05, 0) is 19.1 Å². The van der Waals surface area contributed by atoms with E-state index in [0.717, 1.165) is 6.07 Å². The highest BCUT2D eigenvalue weighted by Crippen LogP contribution is 2.31. The molecule has 0 radical (unpaired) electrons. The van der Waals surface area contributed by atoms with E-state index in [4.69, 9.17) is 4.74 Å². The molecular weight excluding hydrogens is 345 g/mol. The van der Waals surface area contributed by atoms with E-state index in [0.29, 0.717) is 5.75 Å². The maximum absolute atomic E-state index is 14.3. The molecule has 0 unspecified atom stereocenters. The minimum Gasteiger partial charge on any atom is -0.434 e. The molecule has 5 nitrogen and oxygen atoms in total. The molecule has 1 aromatic carbocycles. The lowest BCUT2D eigenvalue weighted by Gasteiger charge is -2.18. The van der Waals surface area contributed by atoms with Crippen molar-refractivity contribution in [1.82, 2.24) is 15.0 Å². The highest BCUT2D eigenvalue weighted by molar-refractivity contribution is 5.48. The molecule has 1 atom stereocenters. The highest BCUT2D eigenvalue weighted by Gasteiger charge is 2.20. The van der Waals surface area contributed by atoms with E-state index in [9.17, 15) is 13.2 Å². The number of benzene rings is 1. The lowest BCUT2D eigenvalue weighted by Crippen LogP contribution is -2.12. The van der Waals surface area contributed by atoms with Gasteiger partial charge in [0.05, 0.1) is 17.8 Å². The van der Waals surface area contributed by atoms with E-state index in [1.165, 1.54) is 30.7 Å². The Balaban J connectivity index is 1.84. The molecule has 2 aromatic heterocycles. The Morgan fingerprint density at radius 3 is 2.50 bits per heavy atom. The second-order valence-corrected chi connectivity index (χ2v) is 5.42. The van der Waals surface area contributed by atoms with Crippen LogP contribution in [-0.4, -0.2) is 15.0 Å². The van der Waals surface area contributed by atoms with Crippen LogP contribution >= 0.6 is 0 Å². The summed E-state index contributed by atoms with van der Waals surface area (Å²) in [7, 11) is 0. The third-order valence-corrected chi connectivity index (χ3v) is 3.63. The molecule has 0 aliphatic carbocycles. The van der Waals surface area contributed by atoms with Crippen molar-refractivity contribution in [3.05, 3.63) is 72.1 Å². The molecule has 0 aliphatic heterocycles. The van der Waals surface area contributed by atoms with Crippen molar-refractivity contribution in [3.8, 4) is 11.6 Å². The number of alkyl halides is 2. The molecule has 134 valence electrons. The number of pyridine rings is 1. The number of hydrogen-bond donors (Lipinski definition) is 1. The molecule has 3 aromatic rings. The van der Waals surface area contributed by atoms with Crippen molar-refractivity contribution in [2.24, 2.45) is 0 Å². The summed E-state index contributed by atoms with van der Waals surface area (Å²) >= 11 is 0. The van der Waals surface area contributed by atoms with Crippen LogP contribution in [0.3, 0.4) is 0 Å². The zero-order valence-corrected chi connectivity index (χ0v) is 13.7. The predicted molar refractivity (Wildman–Crippen MR) is 89.7 cm³/mol. The molecule has 8 heteroatoms. The van der Waals surface area contributed by atoms with Crippen molar-refractivity contribution in [1.29, 1.82) is 0 Å². The second kappa shape index (κ2) is 7.81. The first kappa shape index (κ1) is 17.7. The van der Waals surface area contributed by atoms with Gasteiger partial charge in [0.1, 0.15) is 11.6 Å². The molecule has 0 saturated carbocycles. The van der Waals surface area contributed by atoms with E-state index >= 15 is 0 Å². The number of hydrogen-bond acceptors (Lipinski definition) is 5. The Kier molecular flexibility index (Phi) is 5.31.